The first-order valence-electron chi connectivity index (χ1n) is 8.96. The molecule has 0 unspecified atom stereocenters. The average molecular weight is 358 g/mol. The van der Waals surface area contributed by atoms with Crippen LogP contribution in [0.25, 0.3) is 21.2 Å². The Morgan fingerprint density at radius 3 is 2.41 bits per heavy atom. The van der Waals surface area contributed by atoms with E-state index in [2.05, 4.69) is 28.2 Å². The number of hydrogen-bond acceptors (Lipinski definition) is 2. The van der Waals surface area contributed by atoms with Gasteiger partial charge in [0.05, 0.1) is 5.69 Å². The summed E-state index contributed by atoms with van der Waals surface area (Å²) in [5.74, 6) is 0.384. The Morgan fingerprint density at radius 2 is 1.67 bits per heavy atom. The topological polar surface area (TPSA) is 79.1 Å². The fraction of sp³-hybridized carbons (Fsp3) is 0.190. The Balaban J connectivity index is 2.02. The zero-order valence-corrected chi connectivity index (χ0v) is 15.5. The van der Waals surface area contributed by atoms with E-state index in [4.69, 9.17) is 10.9 Å². The molecular formula is C21H22N6. The molecule has 0 radical (unpaired) electrons. The van der Waals surface area contributed by atoms with Gasteiger partial charge in [-0.3, -0.25) is 5.41 Å². The van der Waals surface area contributed by atoms with Crippen LogP contribution in [0.1, 0.15) is 13.8 Å². The first-order valence-corrected chi connectivity index (χ1v) is 8.96. The molecule has 0 aromatic heterocycles. The second kappa shape index (κ2) is 8.25. The van der Waals surface area contributed by atoms with E-state index in [0.717, 1.165) is 22.1 Å². The number of hydrogen-bond donors (Lipinski definition) is 1. The van der Waals surface area contributed by atoms with Crippen LogP contribution < -0.4 is 9.80 Å². The lowest BCUT2D eigenvalue weighted by atomic mass is 10.1. The molecule has 0 aliphatic heterocycles. The summed E-state index contributed by atoms with van der Waals surface area (Å²) in [5, 5.41) is 14.8. The average Bonchev–Trinajstić information content (AvgIpc) is 2.70. The molecule has 0 heterocycles. The van der Waals surface area contributed by atoms with Gasteiger partial charge in [0.15, 0.2) is 0 Å². The number of benzene rings is 3. The highest BCUT2D eigenvalue weighted by Crippen LogP contribution is 2.29. The zero-order chi connectivity index (χ0) is 19.2. The molecule has 1 N–H and O–H groups in total. The van der Waals surface area contributed by atoms with E-state index in [9.17, 15) is 0 Å². The number of guanidine groups is 1. The summed E-state index contributed by atoms with van der Waals surface area (Å²) in [6.45, 7) is 5.34. The van der Waals surface area contributed by atoms with Gasteiger partial charge in [-0.05, 0) is 43.0 Å². The Kier molecular flexibility index (Phi) is 5.59. The van der Waals surface area contributed by atoms with E-state index in [0.29, 0.717) is 24.7 Å². The third-order valence-corrected chi connectivity index (χ3v) is 4.50. The minimum Gasteiger partial charge on any atom is -0.313 e. The van der Waals surface area contributed by atoms with Gasteiger partial charge in [-0.25, -0.2) is 0 Å². The molecule has 0 saturated heterocycles. The first kappa shape index (κ1) is 18.3. The van der Waals surface area contributed by atoms with E-state index in [-0.39, 0.29) is 0 Å². The van der Waals surface area contributed by atoms with Crippen LogP contribution in [-0.4, -0.2) is 19.0 Å². The second-order valence-corrected chi connectivity index (χ2v) is 6.02. The Bertz CT molecular complexity index is 1000. The van der Waals surface area contributed by atoms with Crippen molar-refractivity contribution in [3.05, 3.63) is 77.2 Å². The van der Waals surface area contributed by atoms with Gasteiger partial charge in [0.1, 0.15) is 0 Å². The van der Waals surface area contributed by atoms with Crippen LogP contribution in [0.5, 0.6) is 0 Å². The molecule has 0 aliphatic rings. The molecule has 0 spiro atoms. The predicted octanol–water partition coefficient (Wildman–Crippen LogP) is 6.07. The van der Waals surface area contributed by atoms with E-state index in [1.165, 1.54) is 0 Å². The van der Waals surface area contributed by atoms with Crippen molar-refractivity contribution >= 4 is 33.8 Å². The maximum atomic E-state index is 8.87. The minimum atomic E-state index is 0.384. The number of nitrogens with zero attached hydrogens (tertiary/aromatic N) is 5. The summed E-state index contributed by atoms with van der Waals surface area (Å²) in [4.78, 5) is 6.75. The molecular weight excluding hydrogens is 336 g/mol. The van der Waals surface area contributed by atoms with Crippen LogP contribution in [0.3, 0.4) is 0 Å². The molecule has 0 saturated carbocycles. The fourth-order valence-corrected chi connectivity index (χ4v) is 3.25. The molecule has 6 heteroatoms. The predicted molar refractivity (Wildman–Crippen MR) is 113 cm³/mol. The second-order valence-electron chi connectivity index (χ2n) is 6.02. The number of anilines is 2. The van der Waals surface area contributed by atoms with E-state index >= 15 is 0 Å². The van der Waals surface area contributed by atoms with Gasteiger partial charge in [-0.15, -0.1) is 0 Å². The summed E-state index contributed by atoms with van der Waals surface area (Å²) < 4.78 is 0. The van der Waals surface area contributed by atoms with Crippen molar-refractivity contribution < 1.29 is 0 Å². The standard InChI is InChI=1S/C21H22N6/c1-3-26(18-12-8-11-17(15-18)24-25-23)21(22)27(4-2)20-14-7-10-16-9-5-6-13-19(16)20/h5-15,22H,3-4H2,1-2H3. The quantitative estimate of drug-likeness (QED) is 0.197. The van der Waals surface area contributed by atoms with Crippen LogP contribution in [0.15, 0.2) is 71.8 Å². The normalized spacial score (nSPS) is 10.3. The SMILES string of the molecule is CCN(C(=N)N(CC)c1cccc2ccccc12)c1cccc(N=[N+]=[N-])c1. The molecule has 0 atom stereocenters. The summed E-state index contributed by atoms with van der Waals surface area (Å²) in [5.41, 5.74) is 11.1. The molecule has 6 nitrogen and oxygen atoms in total. The molecule has 3 rings (SSSR count). The van der Waals surface area contributed by atoms with Gasteiger partial charge in [-0.1, -0.05) is 53.6 Å². The maximum absolute atomic E-state index is 8.87. The highest BCUT2D eigenvalue weighted by molar-refractivity contribution is 6.10. The van der Waals surface area contributed by atoms with Gasteiger partial charge in [0.25, 0.3) is 0 Å². The van der Waals surface area contributed by atoms with Crippen LogP contribution in [0, 0.1) is 5.41 Å². The van der Waals surface area contributed by atoms with E-state index in [1.54, 1.807) is 12.1 Å². The summed E-state index contributed by atoms with van der Waals surface area (Å²) >= 11 is 0. The Hall–Kier alpha value is -3.50. The fourth-order valence-electron chi connectivity index (χ4n) is 3.25. The van der Waals surface area contributed by atoms with Crippen LogP contribution in [0.2, 0.25) is 0 Å². The van der Waals surface area contributed by atoms with Gasteiger partial charge in [-0.2, -0.15) is 0 Å². The van der Waals surface area contributed by atoms with Crippen molar-refractivity contribution in [1.29, 1.82) is 5.41 Å². The van der Waals surface area contributed by atoms with Crippen molar-refractivity contribution in [3.8, 4) is 0 Å². The zero-order valence-electron chi connectivity index (χ0n) is 15.5. The number of fused-ring (bicyclic) bond motifs is 1. The molecule has 27 heavy (non-hydrogen) atoms. The molecule has 0 amide bonds. The number of nitrogens with one attached hydrogen (secondary N) is 1. The molecule has 0 bridgehead atoms. The van der Waals surface area contributed by atoms with Gasteiger partial charge in [0, 0.05) is 34.8 Å². The number of azide groups is 1. The van der Waals surface area contributed by atoms with Crippen molar-refractivity contribution in [1.82, 2.24) is 0 Å². The van der Waals surface area contributed by atoms with Gasteiger partial charge < -0.3 is 9.80 Å². The first-order chi connectivity index (χ1) is 13.2. The van der Waals surface area contributed by atoms with Crippen molar-refractivity contribution in [2.24, 2.45) is 5.11 Å². The lowest BCUT2D eigenvalue weighted by molar-refractivity contribution is 0.961. The van der Waals surface area contributed by atoms with E-state index in [1.807, 2.05) is 60.0 Å². The van der Waals surface area contributed by atoms with Crippen molar-refractivity contribution in [3.63, 3.8) is 0 Å². The van der Waals surface area contributed by atoms with Crippen LogP contribution >= 0.6 is 0 Å². The van der Waals surface area contributed by atoms with Gasteiger partial charge >= 0.3 is 0 Å². The number of rotatable bonds is 5. The minimum absolute atomic E-state index is 0.384. The largest absolute Gasteiger partial charge is 0.313 e. The Morgan fingerprint density at radius 1 is 0.963 bits per heavy atom. The van der Waals surface area contributed by atoms with Crippen LogP contribution in [-0.2, 0) is 0 Å². The Labute approximate surface area is 158 Å². The van der Waals surface area contributed by atoms with Crippen molar-refractivity contribution in [2.75, 3.05) is 22.9 Å². The monoisotopic (exact) mass is 358 g/mol. The summed E-state index contributed by atoms with van der Waals surface area (Å²) in [7, 11) is 0. The van der Waals surface area contributed by atoms with Crippen molar-refractivity contribution in [2.45, 2.75) is 13.8 Å². The highest BCUT2D eigenvalue weighted by atomic mass is 15.4. The molecule has 0 fully saturated rings. The molecule has 136 valence electrons. The maximum Gasteiger partial charge on any atom is 0.202 e. The molecule has 0 aliphatic carbocycles. The summed E-state index contributed by atoms with van der Waals surface area (Å²) in [6, 6.07) is 21.7. The van der Waals surface area contributed by atoms with Gasteiger partial charge in [0.2, 0.25) is 5.96 Å². The third-order valence-electron chi connectivity index (χ3n) is 4.50. The molecule has 3 aromatic carbocycles. The summed E-state index contributed by atoms with van der Waals surface area (Å²) in [6.07, 6.45) is 0. The lowest BCUT2D eigenvalue weighted by Crippen LogP contribution is -2.44. The van der Waals surface area contributed by atoms with E-state index < -0.39 is 0 Å². The van der Waals surface area contributed by atoms with Crippen LogP contribution in [0.4, 0.5) is 17.1 Å². The molecule has 3 aromatic rings. The third kappa shape index (κ3) is 3.71. The smallest absolute Gasteiger partial charge is 0.202 e. The highest BCUT2D eigenvalue weighted by Gasteiger charge is 2.19. The lowest BCUT2D eigenvalue weighted by Gasteiger charge is -2.33.